The predicted molar refractivity (Wildman–Crippen MR) is 66.6 cm³/mol. The summed E-state index contributed by atoms with van der Waals surface area (Å²) < 4.78 is 22.5. The quantitative estimate of drug-likeness (QED) is 0.355. The Balaban J connectivity index is -0.000000142. The van der Waals surface area contributed by atoms with Gasteiger partial charge in [-0.2, -0.15) is 0 Å². The smallest absolute Gasteiger partial charge is 0 e. The topological polar surface area (TPSA) is 76.8 Å². The van der Waals surface area contributed by atoms with Gasteiger partial charge >= 0.3 is 33.9 Å². The molecule has 0 saturated heterocycles. The van der Waals surface area contributed by atoms with Crippen molar-refractivity contribution in [1.82, 2.24) is 0 Å². The van der Waals surface area contributed by atoms with E-state index in [1.807, 2.05) is 12.1 Å². The molecule has 0 atom stereocenters. The van der Waals surface area contributed by atoms with Crippen LogP contribution >= 0.6 is 0 Å². The van der Waals surface area contributed by atoms with E-state index in [-0.39, 0.29) is 17.4 Å². The van der Waals surface area contributed by atoms with E-state index < -0.39 is 8.07 Å². The summed E-state index contributed by atoms with van der Waals surface area (Å²) in [4.78, 5) is 10.4. The molecule has 0 aliphatic rings. The van der Waals surface area contributed by atoms with E-state index in [2.05, 4.69) is 51.7 Å². The summed E-state index contributed by atoms with van der Waals surface area (Å²) in [6.45, 7) is 20.4. The molecule has 0 fully saturated rings. The third-order valence-corrected chi connectivity index (χ3v) is 3.98. The summed E-state index contributed by atoms with van der Waals surface area (Å²) in [5.41, 5.74) is 0.761. The average Bonchev–Trinajstić information content (AvgIpc) is 2.44. The predicted octanol–water partition coefficient (Wildman–Crippen LogP) is 1.93. The van der Waals surface area contributed by atoms with E-state index >= 15 is 0 Å². The van der Waals surface area contributed by atoms with Crippen molar-refractivity contribution < 1.29 is 36.1 Å². The van der Waals surface area contributed by atoms with Gasteiger partial charge in [0.1, 0.15) is 6.29 Å². The van der Waals surface area contributed by atoms with Crippen molar-refractivity contribution in [2.24, 2.45) is 0 Å². The molecule has 1 aromatic carbocycles. The maximum atomic E-state index is 10.4. The third-order valence-electron chi connectivity index (χ3n) is 1.91. The van der Waals surface area contributed by atoms with Crippen molar-refractivity contribution in [3.63, 3.8) is 0 Å². The maximum absolute atomic E-state index is 10.4. The van der Waals surface area contributed by atoms with Gasteiger partial charge in [-0.25, -0.2) is 0 Å². The van der Waals surface area contributed by atoms with Crippen LogP contribution in [-0.4, -0.2) is 14.4 Å². The second-order valence-electron chi connectivity index (χ2n) is 3.99. The van der Waals surface area contributed by atoms with Crippen LogP contribution in [0.15, 0.2) is 24.3 Å². The molecule has 0 unspecified atom stereocenters. The second kappa shape index (κ2) is 16.9. The van der Waals surface area contributed by atoms with Gasteiger partial charge in [-0.05, 0) is 0 Å². The van der Waals surface area contributed by atoms with Crippen LogP contribution in [0.5, 0.6) is 0 Å². The Labute approximate surface area is 125 Å². The van der Waals surface area contributed by atoms with Gasteiger partial charge in [-0.3, -0.25) is 4.79 Å². The van der Waals surface area contributed by atoms with Crippen LogP contribution in [0.4, 0.5) is 0 Å². The molecule has 0 aliphatic carbocycles. The largest absolute Gasteiger partial charge is 0 e. The van der Waals surface area contributed by atoms with E-state index in [9.17, 15) is 4.79 Å². The van der Waals surface area contributed by atoms with Crippen molar-refractivity contribution in [1.29, 1.82) is 0 Å². The average molecular weight is 314 g/mol. The fraction of sp³-hybridized carbons (Fsp3) is 0.231. The number of carbonyl (C=O) groups is 1. The second-order valence-corrected chi connectivity index (χ2v) is 9.07. The Morgan fingerprint density at radius 1 is 0.895 bits per heavy atom. The Morgan fingerprint density at radius 3 is 1.42 bits per heavy atom. The Hall–Kier alpha value is -1.14. The Kier molecular flexibility index (Phi) is 23.5. The number of rotatable bonds is 2. The summed E-state index contributed by atoms with van der Waals surface area (Å²) in [6, 6.07) is 7.91. The molecule has 100 valence electrons. The SMILES string of the molecule is C[Si](C)(C)c1ccc(C=O)cc1.[C-]#[O+].[C-]#[O+].[C-]#[O+].[Cr]. The van der Waals surface area contributed by atoms with Crippen LogP contribution in [0.25, 0.3) is 0 Å². The van der Waals surface area contributed by atoms with Gasteiger partial charge in [0.25, 0.3) is 0 Å². The summed E-state index contributed by atoms with van der Waals surface area (Å²) in [7, 11) is -1.18. The Morgan fingerprint density at radius 2 is 1.21 bits per heavy atom. The molecule has 0 radical (unpaired) electrons. The first-order chi connectivity index (χ1) is 8.54. The minimum Gasteiger partial charge on any atom is 0 e. The van der Waals surface area contributed by atoms with Crippen molar-refractivity contribution in [2.75, 3.05) is 0 Å². The minimum absolute atomic E-state index is 0. The van der Waals surface area contributed by atoms with E-state index in [0.717, 1.165) is 11.8 Å². The summed E-state index contributed by atoms with van der Waals surface area (Å²) in [5.74, 6) is 0. The Bertz CT molecular complexity index is 374. The van der Waals surface area contributed by atoms with Gasteiger partial charge in [-0.15, -0.1) is 0 Å². The molecule has 0 aliphatic heterocycles. The van der Waals surface area contributed by atoms with E-state index in [1.165, 1.54) is 5.19 Å². The number of carbonyl (C=O) groups excluding carboxylic acids is 1. The first kappa shape index (κ1) is 26.4. The molecule has 0 spiro atoms. The zero-order chi connectivity index (χ0) is 15.2. The molecule has 0 heterocycles. The fourth-order valence-corrected chi connectivity index (χ4v) is 2.23. The van der Waals surface area contributed by atoms with Gasteiger partial charge in [0.05, 0.1) is 8.07 Å². The summed E-state index contributed by atoms with van der Waals surface area (Å²) in [6.07, 6.45) is 0.883. The molecular formula is C13H14CrO4Si. The molecule has 6 heteroatoms. The minimum atomic E-state index is -1.18. The van der Waals surface area contributed by atoms with Gasteiger partial charge in [-0.1, -0.05) is 49.1 Å². The molecule has 4 nitrogen and oxygen atoms in total. The standard InChI is InChI=1S/C10H14OSi.3CO.Cr/c1-12(2,3)10-6-4-9(8-11)5-7-10;3*1-2;/h4-8H,1-3H3;;;;. The van der Waals surface area contributed by atoms with Gasteiger partial charge in [0.2, 0.25) is 0 Å². The molecular weight excluding hydrogens is 300 g/mol. The normalized spacial score (nSPS) is 7.42. The summed E-state index contributed by atoms with van der Waals surface area (Å²) in [5, 5.41) is 1.40. The number of aldehydes is 1. The number of hydrogen-bond donors (Lipinski definition) is 0. The first-order valence-corrected chi connectivity index (χ1v) is 8.21. The van der Waals surface area contributed by atoms with Crippen molar-refractivity contribution in [2.45, 2.75) is 19.6 Å². The van der Waals surface area contributed by atoms with E-state index in [0.29, 0.717) is 0 Å². The molecule has 0 amide bonds. The molecule has 19 heavy (non-hydrogen) atoms. The number of hydrogen-bond acceptors (Lipinski definition) is 1. The maximum Gasteiger partial charge on any atom is 0 e. The first-order valence-electron chi connectivity index (χ1n) is 4.71. The molecule has 1 rings (SSSR count). The zero-order valence-electron chi connectivity index (χ0n) is 10.9. The summed E-state index contributed by atoms with van der Waals surface area (Å²) >= 11 is 0. The van der Waals surface area contributed by atoms with Crippen LogP contribution in [-0.2, 0) is 31.3 Å². The molecule has 0 N–H and O–H groups in total. The van der Waals surface area contributed by atoms with Crippen LogP contribution in [0.1, 0.15) is 10.4 Å². The molecule has 0 saturated carbocycles. The van der Waals surface area contributed by atoms with Gasteiger partial charge < -0.3 is 0 Å². The van der Waals surface area contributed by atoms with Crippen molar-refractivity contribution in [3.05, 3.63) is 49.8 Å². The molecule has 0 bridgehead atoms. The molecule has 0 aromatic heterocycles. The van der Waals surface area contributed by atoms with Crippen molar-refractivity contribution >= 4 is 19.5 Å². The van der Waals surface area contributed by atoms with Gasteiger partial charge in [0.15, 0.2) is 0 Å². The van der Waals surface area contributed by atoms with E-state index in [4.69, 9.17) is 14.0 Å². The van der Waals surface area contributed by atoms with Crippen LogP contribution in [0.2, 0.25) is 19.6 Å². The van der Waals surface area contributed by atoms with Gasteiger partial charge in [0, 0.05) is 22.9 Å². The van der Waals surface area contributed by atoms with Crippen LogP contribution < -0.4 is 5.19 Å². The molecule has 1 aromatic rings. The van der Waals surface area contributed by atoms with Crippen LogP contribution in [0, 0.1) is 20.0 Å². The monoisotopic (exact) mass is 314 g/mol. The third kappa shape index (κ3) is 13.1. The zero-order valence-corrected chi connectivity index (χ0v) is 13.2. The van der Waals surface area contributed by atoms with Crippen LogP contribution in [0.3, 0.4) is 0 Å². The van der Waals surface area contributed by atoms with Crippen molar-refractivity contribution in [3.8, 4) is 0 Å². The number of benzene rings is 1. The fourth-order valence-electron chi connectivity index (χ4n) is 1.06. The van der Waals surface area contributed by atoms with E-state index in [1.54, 1.807) is 0 Å².